The largest absolute Gasteiger partial charge is 0.595 e. The highest BCUT2D eigenvalue weighted by molar-refractivity contribution is 7.36. The van der Waals surface area contributed by atoms with Crippen molar-refractivity contribution in [2.75, 3.05) is 72.3 Å². The maximum absolute atomic E-state index is 12.4. The molecular formula is C27H48ClN4O5P. The third-order valence-electron chi connectivity index (χ3n) is 7.27. The first-order chi connectivity index (χ1) is 18.0. The van der Waals surface area contributed by atoms with Crippen LogP contribution in [-0.4, -0.2) is 106 Å². The summed E-state index contributed by atoms with van der Waals surface area (Å²) in [7, 11) is -0.337. The lowest BCUT2D eigenvalue weighted by Gasteiger charge is -2.39. The lowest BCUT2D eigenvalue weighted by atomic mass is 10.0. The quantitative estimate of drug-likeness (QED) is 0.363. The highest BCUT2D eigenvalue weighted by atomic mass is 35.5. The van der Waals surface area contributed by atoms with Gasteiger partial charge in [0.1, 0.15) is 6.61 Å². The number of rotatable bonds is 11. The SMILES string of the molecule is CC1=CC(Cl)=C(C[P+](=O)[O-])CC1.CCC(CCNC)N1CCN(C(=O)COC[C@@H]2COC(C)(C)CN2)CC1. The van der Waals surface area contributed by atoms with E-state index in [0.717, 1.165) is 70.5 Å². The standard InChI is InChI=1S/C19H38N4O3.C8H10ClO2P/c1-5-17(6-7-20-4)22-8-10-23(11-9-22)18(24)14-25-12-16-13-26-19(2,3)15-21-16;1-6-2-3-7(5-12(10)11)8(9)4-6/h16-17,20-21H,5-15H2,1-4H3;4H,2-3,5H2,1H3/t16-,17?;/m1./s1. The van der Waals surface area contributed by atoms with Crippen LogP contribution in [0.15, 0.2) is 22.3 Å². The van der Waals surface area contributed by atoms with Crippen molar-refractivity contribution in [2.45, 2.75) is 71.1 Å². The van der Waals surface area contributed by atoms with Crippen molar-refractivity contribution in [3.05, 3.63) is 22.3 Å². The molecule has 0 aromatic rings. The molecule has 11 heteroatoms. The molecule has 0 bridgehead atoms. The summed E-state index contributed by atoms with van der Waals surface area (Å²) in [4.78, 5) is 27.3. The number of halogens is 1. The summed E-state index contributed by atoms with van der Waals surface area (Å²) in [6.45, 7) is 15.1. The maximum Gasteiger partial charge on any atom is 0.313 e. The number of nitrogens with one attached hydrogen (secondary N) is 2. The summed E-state index contributed by atoms with van der Waals surface area (Å²) < 4.78 is 21.8. The Morgan fingerprint density at radius 3 is 2.61 bits per heavy atom. The first kappa shape index (κ1) is 33.3. The van der Waals surface area contributed by atoms with Gasteiger partial charge in [-0.25, -0.2) is 0 Å². The molecule has 0 aromatic heterocycles. The average molecular weight is 575 g/mol. The molecule has 218 valence electrons. The molecule has 3 rings (SSSR count). The van der Waals surface area contributed by atoms with Gasteiger partial charge in [-0.05, 0) is 71.7 Å². The van der Waals surface area contributed by atoms with Gasteiger partial charge in [-0.2, -0.15) is 0 Å². The van der Waals surface area contributed by atoms with Crippen molar-refractivity contribution in [1.29, 1.82) is 0 Å². The van der Waals surface area contributed by atoms with Crippen LogP contribution in [0.1, 0.15) is 53.4 Å². The topological polar surface area (TPSA) is 106 Å². The van der Waals surface area contributed by atoms with E-state index in [9.17, 15) is 14.3 Å². The second-order valence-corrected chi connectivity index (χ2v) is 12.4. The van der Waals surface area contributed by atoms with Gasteiger partial charge in [0, 0.05) is 43.8 Å². The monoisotopic (exact) mass is 574 g/mol. The number of morpholine rings is 1. The van der Waals surface area contributed by atoms with Crippen molar-refractivity contribution < 1.29 is 23.7 Å². The molecule has 1 amide bonds. The van der Waals surface area contributed by atoms with Gasteiger partial charge in [0.2, 0.25) is 5.91 Å². The molecular weight excluding hydrogens is 527 g/mol. The predicted octanol–water partition coefficient (Wildman–Crippen LogP) is 2.62. The lowest BCUT2D eigenvalue weighted by Crippen LogP contribution is -2.54. The van der Waals surface area contributed by atoms with E-state index in [0.29, 0.717) is 24.3 Å². The molecule has 1 aliphatic carbocycles. The zero-order chi connectivity index (χ0) is 28.1. The van der Waals surface area contributed by atoms with E-state index >= 15 is 0 Å². The Morgan fingerprint density at radius 2 is 2.05 bits per heavy atom. The molecule has 2 saturated heterocycles. The molecule has 2 N–H and O–H groups in total. The zero-order valence-corrected chi connectivity index (χ0v) is 25.5. The average Bonchev–Trinajstić information content (AvgIpc) is 2.88. The van der Waals surface area contributed by atoms with E-state index < -0.39 is 8.03 Å². The Hall–Kier alpha value is -0.900. The summed E-state index contributed by atoms with van der Waals surface area (Å²) >= 11 is 5.86. The molecule has 38 heavy (non-hydrogen) atoms. The van der Waals surface area contributed by atoms with Crippen LogP contribution in [0.25, 0.3) is 0 Å². The van der Waals surface area contributed by atoms with Gasteiger partial charge in [0.25, 0.3) is 0 Å². The van der Waals surface area contributed by atoms with Gasteiger partial charge in [0.15, 0.2) is 6.16 Å². The second-order valence-electron chi connectivity index (χ2n) is 11.0. The van der Waals surface area contributed by atoms with Gasteiger partial charge in [-0.1, -0.05) is 28.7 Å². The highest BCUT2D eigenvalue weighted by Gasteiger charge is 2.28. The molecule has 3 atom stereocenters. The minimum atomic E-state index is -2.34. The van der Waals surface area contributed by atoms with E-state index in [2.05, 4.69) is 36.3 Å². The molecule has 3 aliphatic rings. The second kappa shape index (κ2) is 17.0. The summed E-state index contributed by atoms with van der Waals surface area (Å²) in [6.07, 6.45) is 5.99. The van der Waals surface area contributed by atoms with Crippen molar-refractivity contribution in [1.82, 2.24) is 20.4 Å². The normalized spacial score (nSPS) is 23.3. The van der Waals surface area contributed by atoms with Crippen LogP contribution in [0.5, 0.6) is 0 Å². The van der Waals surface area contributed by atoms with Crippen LogP contribution in [0, 0.1) is 0 Å². The number of hydrogen-bond donors (Lipinski definition) is 2. The number of nitrogens with zero attached hydrogens (tertiary/aromatic N) is 2. The Labute approximate surface area is 235 Å². The lowest BCUT2D eigenvalue weighted by molar-refractivity contribution is -0.163. The molecule has 0 aromatic carbocycles. The van der Waals surface area contributed by atoms with Gasteiger partial charge in [-0.15, -0.1) is 0 Å². The smallest absolute Gasteiger partial charge is 0.313 e. The molecule has 0 spiro atoms. The molecule has 0 radical (unpaired) electrons. The first-order valence-corrected chi connectivity index (χ1v) is 15.6. The van der Waals surface area contributed by atoms with Gasteiger partial charge >= 0.3 is 8.03 Å². The molecule has 2 heterocycles. The first-order valence-electron chi connectivity index (χ1n) is 13.8. The fourth-order valence-electron chi connectivity index (χ4n) is 4.77. The molecule has 9 nitrogen and oxygen atoms in total. The third kappa shape index (κ3) is 12.1. The number of hydrogen-bond acceptors (Lipinski definition) is 8. The van der Waals surface area contributed by atoms with E-state index in [1.807, 2.05) is 24.9 Å². The van der Waals surface area contributed by atoms with Crippen molar-refractivity contribution in [3.63, 3.8) is 0 Å². The Kier molecular flexibility index (Phi) is 14.9. The Bertz CT molecular complexity index is 820. The van der Waals surface area contributed by atoms with Crippen LogP contribution in [-0.2, 0) is 18.8 Å². The molecule has 2 unspecified atom stereocenters. The number of ether oxygens (including phenoxy) is 2. The minimum absolute atomic E-state index is 0.102. The van der Waals surface area contributed by atoms with Gasteiger partial charge in [-0.3, -0.25) is 9.69 Å². The number of piperazine rings is 1. The van der Waals surface area contributed by atoms with Crippen molar-refractivity contribution in [3.8, 4) is 0 Å². The van der Waals surface area contributed by atoms with E-state index in [1.165, 1.54) is 5.57 Å². The predicted molar refractivity (Wildman–Crippen MR) is 152 cm³/mol. The minimum Gasteiger partial charge on any atom is -0.595 e. The number of carbonyl (C=O) groups excluding carboxylic acids is 1. The Balaban J connectivity index is 0.000000352. The van der Waals surface area contributed by atoms with Crippen LogP contribution in [0.4, 0.5) is 0 Å². The summed E-state index contributed by atoms with van der Waals surface area (Å²) in [6, 6.07) is 0.780. The molecule has 2 aliphatic heterocycles. The highest BCUT2D eigenvalue weighted by Crippen LogP contribution is 2.30. The summed E-state index contributed by atoms with van der Waals surface area (Å²) in [5.41, 5.74) is 1.94. The molecule has 2 fully saturated rings. The van der Waals surface area contributed by atoms with Gasteiger partial charge < -0.3 is 29.9 Å². The number of amides is 1. The number of carbonyl (C=O) groups is 1. The number of allylic oxidation sites excluding steroid dienone is 4. The zero-order valence-electron chi connectivity index (χ0n) is 23.9. The van der Waals surface area contributed by atoms with Crippen molar-refractivity contribution >= 4 is 25.5 Å². The molecule has 0 saturated carbocycles. The fraction of sp³-hybridized carbons (Fsp3) is 0.815. The van der Waals surface area contributed by atoms with E-state index in [4.69, 9.17) is 21.1 Å². The van der Waals surface area contributed by atoms with E-state index in [-0.39, 0.29) is 30.3 Å². The fourth-order valence-corrected chi connectivity index (χ4v) is 5.85. The maximum atomic E-state index is 12.4. The van der Waals surface area contributed by atoms with Crippen molar-refractivity contribution in [2.24, 2.45) is 0 Å². The third-order valence-corrected chi connectivity index (χ3v) is 8.29. The van der Waals surface area contributed by atoms with E-state index in [1.54, 1.807) is 0 Å². The van der Waals surface area contributed by atoms with Gasteiger partial charge in [0.05, 0.1) is 24.9 Å². The van der Waals surface area contributed by atoms with Crippen LogP contribution in [0.2, 0.25) is 0 Å². The summed E-state index contributed by atoms with van der Waals surface area (Å²) in [5.74, 6) is 0.102. The Morgan fingerprint density at radius 1 is 1.34 bits per heavy atom. The van der Waals surface area contributed by atoms with Crippen LogP contribution < -0.4 is 15.5 Å². The van der Waals surface area contributed by atoms with Crippen LogP contribution in [0.3, 0.4) is 0 Å². The summed E-state index contributed by atoms with van der Waals surface area (Å²) in [5, 5.41) is 7.26. The van der Waals surface area contributed by atoms with Crippen LogP contribution >= 0.6 is 19.6 Å².